The fraction of sp³-hybridized carbons (Fsp3) is 0.174. The number of nitrogens with one attached hydrogen (secondary N) is 2. The zero-order valence-corrected chi connectivity index (χ0v) is 19.8. The lowest BCUT2D eigenvalue weighted by molar-refractivity contribution is -0.117. The van der Waals surface area contributed by atoms with E-state index in [2.05, 4.69) is 10.0 Å². The minimum Gasteiger partial charge on any atom is -0.495 e. The Morgan fingerprint density at radius 2 is 1.75 bits per heavy atom. The lowest BCUT2D eigenvalue weighted by atomic mass is 10.1. The van der Waals surface area contributed by atoms with Gasteiger partial charge < -0.3 is 10.1 Å². The number of hydrogen-bond donors (Lipinski definition) is 2. The Balaban J connectivity index is 1.90. The van der Waals surface area contributed by atoms with Gasteiger partial charge in [0.1, 0.15) is 11.8 Å². The zero-order chi connectivity index (χ0) is 23.3. The quantitative estimate of drug-likeness (QED) is 0.471. The summed E-state index contributed by atoms with van der Waals surface area (Å²) < 4.78 is 33.7. The summed E-state index contributed by atoms with van der Waals surface area (Å²) in [5, 5.41) is 3.38. The molecule has 9 heteroatoms. The van der Waals surface area contributed by atoms with Gasteiger partial charge in [-0.2, -0.15) is 4.72 Å². The van der Waals surface area contributed by atoms with Crippen molar-refractivity contribution in [3.63, 3.8) is 0 Å². The number of amides is 1. The molecule has 168 valence electrons. The van der Waals surface area contributed by atoms with E-state index in [9.17, 15) is 13.2 Å². The SMILES string of the molecule is COc1ccc(S(=O)(=O)N[C@H](Cc2ccccc2)C(=O)Nc2cc(Cl)ccc2C)cc1Cl. The summed E-state index contributed by atoms with van der Waals surface area (Å²) in [4.78, 5) is 13.1. The van der Waals surface area contributed by atoms with Crippen molar-refractivity contribution in [2.45, 2.75) is 24.3 Å². The third-order valence-corrected chi connectivity index (χ3v) is 6.79. The number of sulfonamides is 1. The summed E-state index contributed by atoms with van der Waals surface area (Å²) in [7, 11) is -2.62. The van der Waals surface area contributed by atoms with Gasteiger partial charge in [0.25, 0.3) is 0 Å². The van der Waals surface area contributed by atoms with Crippen molar-refractivity contribution in [2.24, 2.45) is 0 Å². The fourth-order valence-electron chi connectivity index (χ4n) is 3.06. The van der Waals surface area contributed by atoms with E-state index in [0.29, 0.717) is 16.5 Å². The number of anilines is 1. The molecule has 0 aliphatic carbocycles. The van der Waals surface area contributed by atoms with E-state index in [1.807, 2.05) is 37.3 Å². The molecular weight excluding hydrogens is 471 g/mol. The molecule has 0 fully saturated rings. The van der Waals surface area contributed by atoms with Crippen molar-refractivity contribution in [3.8, 4) is 5.75 Å². The molecule has 0 saturated heterocycles. The van der Waals surface area contributed by atoms with Gasteiger partial charge in [0.2, 0.25) is 15.9 Å². The van der Waals surface area contributed by atoms with Gasteiger partial charge in [-0.05, 0) is 54.8 Å². The third-order valence-electron chi connectivity index (χ3n) is 4.79. The Kier molecular flexibility index (Phi) is 7.79. The Hall–Kier alpha value is -2.58. The molecule has 0 spiro atoms. The molecule has 3 aromatic carbocycles. The number of methoxy groups -OCH3 is 1. The van der Waals surface area contributed by atoms with Crippen molar-refractivity contribution in [1.82, 2.24) is 4.72 Å². The Bertz CT molecular complexity index is 1220. The average molecular weight is 493 g/mol. The van der Waals surface area contributed by atoms with Crippen molar-refractivity contribution >= 4 is 44.8 Å². The van der Waals surface area contributed by atoms with Gasteiger partial charge in [-0.3, -0.25) is 4.79 Å². The number of carbonyl (C=O) groups excluding carboxylic acids is 1. The van der Waals surface area contributed by atoms with Crippen LogP contribution in [0.25, 0.3) is 0 Å². The fourth-order valence-corrected chi connectivity index (χ4v) is 4.77. The van der Waals surface area contributed by atoms with Crippen LogP contribution in [0.3, 0.4) is 0 Å². The number of halogens is 2. The molecule has 1 amide bonds. The molecule has 0 aliphatic rings. The first-order valence-corrected chi connectivity index (χ1v) is 11.9. The molecule has 3 rings (SSSR count). The molecule has 1 atom stereocenters. The molecule has 3 aromatic rings. The Labute approximate surface area is 197 Å². The normalized spacial score (nSPS) is 12.2. The summed E-state index contributed by atoms with van der Waals surface area (Å²) in [5.74, 6) is -0.164. The van der Waals surface area contributed by atoms with Gasteiger partial charge in [-0.25, -0.2) is 8.42 Å². The molecule has 0 unspecified atom stereocenters. The molecular formula is C23H22Cl2N2O4S. The highest BCUT2D eigenvalue weighted by atomic mass is 35.5. The van der Waals surface area contributed by atoms with Crippen LogP contribution in [-0.4, -0.2) is 27.5 Å². The Morgan fingerprint density at radius 3 is 2.41 bits per heavy atom. The summed E-state index contributed by atoms with van der Waals surface area (Å²) in [6.45, 7) is 1.82. The van der Waals surface area contributed by atoms with Crippen LogP contribution in [0.15, 0.2) is 71.6 Å². The summed E-state index contributed by atoms with van der Waals surface area (Å²) in [5.41, 5.74) is 2.10. The first-order chi connectivity index (χ1) is 15.2. The summed E-state index contributed by atoms with van der Waals surface area (Å²) >= 11 is 12.1. The number of ether oxygens (including phenoxy) is 1. The predicted octanol–water partition coefficient (Wildman–Crippen LogP) is 4.84. The molecule has 0 bridgehead atoms. The van der Waals surface area contributed by atoms with Crippen molar-refractivity contribution in [2.75, 3.05) is 12.4 Å². The first kappa shape index (κ1) is 24.1. The van der Waals surface area contributed by atoms with Crippen LogP contribution >= 0.6 is 23.2 Å². The van der Waals surface area contributed by atoms with Crippen LogP contribution in [-0.2, 0) is 21.2 Å². The second kappa shape index (κ2) is 10.4. The molecule has 0 saturated carbocycles. The van der Waals surface area contributed by atoms with E-state index in [1.54, 1.807) is 18.2 Å². The zero-order valence-electron chi connectivity index (χ0n) is 17.4. The predicted molar refractivity (Wildman–Crippen MR) is 127 cm³/mol. The topological polar surface area (TPSA) is 84.5 Å². The van der Waals surface area contributed by atoms with Gasteiger partial charge in [0, 0.05) is 10.7 Å². The molecule has 0 aliphatic heterocycles. The van der Waals surface area contributed by atoms with Crippen LogP contribution in [0, 0.1) is 6.92 Å². The van der Waals surface area contributed by atoms with E-state index >= 15 is 0 Å². The maximum Gasteiger partial charge on any atom is 0.242 e. The number of hydrogen-bond acceptors (Lipinski definition) is 4. The molecule has 32 heavy (non-hydrogen) atoms. The lowest BCUT2D eigenvalue weighted by Crippen LogP contribution is -2.45. The monoisotopic (exact) mass is 492 g/mol. The van der Waals surface area contributed by atoms with Crippen LogP contribution in [0.5, 0.6) is 5.75 Å². The highest BCUT2D eigenvalue weighted by Crippen LogP contribution is 2.27. The maximum atomic E-state index is 13.1. The van der Waals surface area contributed by atoms with E-state index in [-0.39, 0.29) is 16.3 Å². The molecule has 2 N–H and O–H groups in total. The minimum atomic E-state index is -4.06. The largest absolute Gasteiger partial charge is 0.495 e. The van der Waals surface area contributed by atoms with Gasteiger partial charge in [0.15, 0.2) is 0 Å². The highest BCUT2D eigenvalue weighted by Gasteiger charge is 2.27. The molecule has 0 heterocycles. The van der Waals surface area contributed by atoms with E-state index in [4.69, 9.17) is 27.9 Å². The first-order valence-electron chi connectivity index (χ1n) is 9.66. The summed E-state index contributed by atoms with van der Waals surface area (Å²) in [6, 6.07) is 17.3. The van der Waals surface area contributed by atoms with E-state index in [0.717, 1.165) is 11.1 Å². The van der Waals surface area contributed by atoms with Crippen molar-refractivity contribution in [1.29, 1.82) is 0 Å². The maximum absolute atomic E-state index is 13.1. The molecule has 0 radical (unpaired) electrons. The molecule has 0 aromatic heterocycles. The third kappa shape index (κ3) is 6.01. The van der Waals surface area contributed by atoms with Gasteiger partial charge in [-0.1, -0.05) is 59.6 Å². The standard InChI is InChI=1S/C23H22Cl2N2O4S/c1-15-8-9-17(24)13-20(15)26-23(28)21(12-16-6-4-3-5-7-16)27-32(29,30)18-10-11-22(31-2)19(25)14-18/h3-11,13-14,21,27H,12H2,1-2H3,(H,26,28)/t21-/m1/s1. The average Bonchev–Trinajstić information content (AvgIpc) is 2.76. The van der Waals surface area contributed by atoms with Gasteiger partial charge in [0.05, 0.1) is 17.0 Å². The van der Waals surface area contributed by atoms with Gasteiger partial charge >= 0.3 is 0 Å². The van der Waals surface area contributed by atoms with E-state index < -0.39 is 22.0 Å². The number of aryl methyl sites for hydroxylation is 1. The molecule has 6 nitrogen and oxygen atoms in total. The van der Waals surface area contributed by atoms with Crippen LogP contribution in [0.2, 0.25) is 10.0 Å². The number of benzene rings is 3. The van der Waals surface area contributed by atoms with E-state index in [1.165, 1.54) is 25.3 Å². The van der Waals surface area contributed by atoms with Crippen molar-refractivity contribution < 1.29 is 17.9 Å². The Morgan fingerprint density at radius 1 is 1.03 bits per heavy atom. The second-order valence-corrected chi connectivity index (χ2v) is 9.67. The number of rotatable bonds is 8. The summed E-state index contributed by atoms with van der Waals surface area (Å²) in [6.07, 6.45) is 0.148. The van der Waals surface area contributed by atoms with Crippen LogP contribution in [0.1, 0.15) is 11.1 Å². The van der Waals surface area contributed by atoms with Gasteiger partial charge in [-0.15, -0.1) is 0 Å². The second-order valence-electron chi connectivity index (χ2n) is 7.11. The number of carbonyl (C=O) groups is 1. The van der Waals surface area contributed by atoms with Crippen molar-refractivity contribution in [3.05, 3.63) is 87.9 Å². The highest BCUT2D eigenvalue weighted by molar-refractivity contribution is 7.89. The lowest BCUT2D eigenvalue weighted by Gasteiger charge is -2.20. The minimum absolute atomic E-state index is 0.0758. The smallest absolute Gasteiger partial charge is 0.242 e. The van der Waals surface area contributed by atoms with Crippen LogP contribution in [0.4, 0.5) is 5.69 Å². The van der Waals surface area contributed by atoms with Crippen LogP contribution < -0.4 is 14.8 Å².